The largest absolute Gasteiger partial charge is 0.480 e. The fraction of sp³-hybridized carbons (Fsp3) is 0.529. The summed E-state index contributed by atoms with van der Waals surface area (Å²) in [7, 11) is 0. The summed E-state index contributed by atoms with van der Waals surface area (Å²) < 4.78 is 39.3. The molecular formula is C17H20F3NO3. The van der Waals surface area contributed by atoms with Crippen LogP contribution in [0.3, 0.4) is 0 Å². The van der Waals surface area contributed by atoms with E-state index in [9.17, 15) is 27.9 Å². The van der Waals surface area contributed by atoms with E-state index in [-0.39, 0.29) is 19.3 Å². The maximum Gasteiger partial charge on any atom is 0.392 e. The van der Waals surface area contributed by atoms with Gasteiger partial charge in [-0.15, -0.1) is 0 Å². The molecule has 0 spiro atoms. The molecule has 1 aliphatic carbocycles. The van der Waals surface area contributed by atoms with E-state index in [1.165, 1.54) is 0 Å². The second-order valence-electron chi connectivity index (χ2n) is 6.13. The minimum Gasteiger partial charge on any atom is -0.480 e. The molecular weight excluding hydrogens is 323 g/mol. The van der Waals surface area contributed by atoms with Crippen LogP contribution in [0.2, 0.25) is 0 Å². The Bertz CT molecular complexity index is 574. The SMILES string of the molecule is O=C(O)[C@H](Cc1ccccc1)NC(=O)[C@H]1CCCC[C@H]1C(F)(F)F. The summed E-state index contributed by atoms with van der Waals surface area (Å²) in [4.78, 5) is 23.6. The van der Waals surface area contributed by atoms with Gasteiger partial charge < -0.3 is 10.4 Å². The average Bonchev–Trinajstić information content (AvgIpc) is 2.54. The van der Waals surface area contributed by atoms with Crippen molar-refractivity contribution in [2.45, 2.75) is 44.3 Å². The summed E-state index contributed by atoms with van der Waals surface area (Å²) in [6, 6.07) is 7.42. The first-order valence-electron chi connectivity index (χ1n) is 7.93. The van der Waals surface area contributed by atoms with Gasteiger partial charge in [0.2, 0.25) is 5.91 Å². The number of rotatable bonds is 5. The Morgan fingerprint density at radius 1 is 1.17 bits per heavy atom. The predicted octanol–water partition coefficient (Wildman–Crippen LogP) is 3.17. The van der Waals surface area contributed by atoms with E-state index in [0.717, 1.165) is 0 Å². The van der Waals surface area contributed by atoms with E-state index in [1.807, 2.05) is 0 Å². The number of nitrogens with one attached hydrogen (secondary N) is 1. The molecule has 24 heavy (non-hydrogen) atoms. The third kappa shape index (κ3) is 4.72. The van der Waals surface area contributed by atoms with E-state index >= 15 is 0 Å². The quantitative estimate of drug-likeness (QED) is 0.863. The van der Waals surface area contributed by atoms with Gasteiger partial charge >= 0.3 is 12.1 Å². The molecule has 0 radical (unpaired) electrons. The highest BCUT2D eigenvalue weighted by molar-refractivity contribution is 5.85. The van der Waals surface area contributed by atoms with Crippen LogP contribution in [0.15, 0.2) is 30.3 Å². The number of carbonyl (C=O) groups is 2. The summed E-state index contributed by atoms with van der Waals surface area (Å²) in [5, 5.41) is 11.6. The van der Waals surface area contributed by atoms with Crippen molar-refractivity contribution in [3.63, 3.8) is 0 Å². The lowest BCUT2D eigenvalue weighted by Gasteiger charge is -2.32. The maximum absolute atomic E-state index is 13.1. The van der Waals surface area contributed by atoms with Crippen LogP contribution < -0.4 is 5.32 Å². The summed E-state index contributed by atoms with van der Waals surface area (Å²) in [6.45, 7) is 0. The van der Waals surface area contributed by atoms with Crippen LogP contribution in [0.5, 0.6) is 0 Å². The van der Waals surface area contributed by atoms with Crippen LogP contribution in [0.4, 0.5) is 13.2 Å². The van der Waals surface area contributed by atoms with Gasteiger partial charge in [-0.25, -0.2) is 4.79 Å². The minimum absolute atomic E-state index is 0.0331. The van der Waals surface area contributed by atoms with Crippen LogP contribution in [-0.4, -0.2) is 29.2 Å². The van der Waals surface area contributed by atoms with E-state index < -0.39 is 35.9 Å². The lowest BCUT2D eigenvalue weighted by Crippen LogP contribution is -2.49. The lowest BCUT2D eigenvalue weighted by molar-refractivity contribution is -0.198. The van der Waals surface area contributed by atoms with Crippen LogP contribution in [-0.2, 0) is 16.0 Å². The normalized spacial score (nSPS) is 22.6. The molecule has 132 valence electrons. The van der Waals surface area contributed by atoms with Crippen LogP contribution >= 0.6 is 0 Å². The molecule has 2 N–H and O–H groups in total. The molecule has 1 aromatic carbocycles. The van der Waals surface area contributed by atoms with Crippen molar-refractivity contribution in [1.82, 2.24) is 5.32 Å². The Balaban J connectivity index is 2.07. The number of amides is 1. The topological polar surface area (TPSA) is 66.4 Å². The van der Waals surface area contributed by atoms with E-state index in [4.69, 9.17) is 0 Å². The molecule has 2 rings (SSSR count). The summed E-state index contributed by atoms with van der Waals surface area (Å²) in [6.07, 6.45) is -3.39. The number of carboxylic acids is 1. The molecule has 1 aromatic rings. The molecule has 0 bridgehead atoms. The second kappa shape index (κ2) is 7.68. The molecule has 4 nitrogen and oxygen atoms in total. The van der Waals surface area contributed by atoms with Crippen molar-refractivity contribution >= 4 is 11.9 Å². The number of carbonyl (C=O) groups excluding carboxylic acids is 1. The van der Waals surface area contributed by atoms with Crippen LogP contribution in [0.25, 0.3) is 0 Å². The zero-order valence-electron chi connectivity index (χ0n) is 13.1. The summed E-state index contributed by atoms with van der Waals surface area (Å²) in [5.74, 6) is -4.99. The highest BCUT2D eigenvalue weighted by Crippen LogP contribution is 2.41. The fourth-order valence-corrected chi connectivity index (χ4v) is 3.17. The molecule has 0 heterocycles. The van der Waals surface area contributed by atoms with Gasteiger partial charge in [0.15, 0.2) is 0 Å². The smallest absolute Gasteiger partial charge is 0.392 e. The van der Waals surface area contributed by atoms with Crippen molar-refractivity contribution in [2.24, 2.45) is 11.8 Å². The molecule has 0 aliphatic heterocycles. The van der Waals surface area contributed by atoms with Crippen LogP contribution in [0, 0.1) is 11.8 Å². The Morgan fingerprint density at radius 3 is 2.38 bits per heavy atom. The first kappa shape index (κ1) is 18.3. The number of hydrogen-bond acceptors (Lipinski definition) is 2. The zero-order valence-corrected chi connectivity index (χ0v) is 13.1. The fourth-order valence-electron chi connectivity index (χ4n) is 3.17. The zero-order chi connectivity index (χ0) is 17.7. The first-order valence-corrected chi connectivity index (χ1v) is 7.93. The van der Waals surface area contributed by atoms with E-state index in [2.05, 4.69) is 5.32 Å². The third-order valence-corrected chi connectivity index (χ3v) is 4.42. The van der Waals surface area contributed by atoms with Crippen molar-refractivity contribution < 1.29 is 27.9 Å². The number of hydrogen-bond donors (Lipinski definition) is 2. The molecule has 7 heteroatoms. The first-order chi connectivity index (χ1) is 11.3. The monoisotopic (exact) mass is 343 g/mol. The number of carboxylic acid groups (broad SMARTS) is 1. The lowest BCUT2D eigenvalue weighted by atomic mass is 9.78. The average molecular weight is 343 g/mol. The number of benzene rings is 1. The Morgan fingerprint density at radius 2 is 1.79 bits per heavy atom. The molecule has 0 saturated heterocycles. The Hall–Kier alpha value is -2.05. The molecule has 1 saturated carbocycles. The highest BCUT2D eigenvalue weighted by atomic mass is 19.4. The van der Waals surface area contributed by atoms with E-state index in [1.54, 1.807) is 30.3 Å². The second-order valence-corrected chi connectivity index (χ2v) is 6.13. The van der Waals surface area contributed by atoms with Gasteiger partial charge in [-0.3, -0.25) is 4.79 Å². The molecule has 3 atom stereocenters. The van der Waals surface area contributed by atoms with Gasteiger partial charge in [-0.2, -0.15) is 13.2 Å². The van der Waals surface area contributed by atoms with Crippen molar-refractivity contribution in [1.29, 1.82) is 0 Å². The van der Waals surface area contributed by atoms with Gasteiger partial charge in [0.25, 0.3) is 0 Å². The number of aliphatic carboxylic acids is 1. The molecule has 1 aliphatic rings. The van der Waals surface area contributed by atoms with Gasteiger partial charge in [-0.05, 0) is 18.4 Å². The van der Waals surface area contributed by atoms with Crippen LogP contribution in [0.1, 0.15) is 31.2 Å². The molecule has 1 amide bonds. The maximum atomic E-state index is 13.1. The van der Waals surface area contributed by atoms with Crippen molar-refractivity contribution in [3.8, 4) is 0 Å². The Kier molecular flexibility index (Phi) is 5.85. The third-order valence-electron chi connectivity index (χ3n) is 4.42. The van der Waals surface area contributed by atoms with Gasteiger partial charge in [-0.1, -0.05) is 43.2 Å². The van der Waals surface area contributed by atoms with Crippen molar-refractivity contribution in [2.75, 3.05) is 0 Å². The molecule has 0 unspecified atom stereocenters. The van der Waals surface area contributed by atoms with Gasteiger partial charge in [0, 0.05) is 12.3 Å². The van der Waals surface area contributed by atoms with E-state index in [0.29, 0.717) is 18.4 Å². The predicted molar refractivity (Wildman–Crippen MR) is 81.2 cm³/mol. The standard InChI is InChI=1S/C17H20F3NO3/c18-17(19,20)13-9-5-4-8-12(13)15(22)21-14(16(23)24)10-11-6-2-1-3-7-11/h1-3,6-7,12-14H,4-5,8-10H2,(H,21,22)(H,23,24)/t12-,13+,14-/m0/s1. The molecule has 1 fully saturated rings. The number of halogens is 3. The Labute approximate surface area is 138 Å². The van der Waals surface area contributed by atoms with Crippen molar-refractivity contribution in [3.05, 3.63) is 35.9 Å². The minimum atomic E-state index is -4.44. The van der Waals surface area contributed by atoms with Gasteiger partial charge in [0.05, 0.1) is 5.92 Å². The summed E-state index contributed by atoms with van der Waals surface area (Å²) in [5.41, 5.74) is 0.696. The van der Waals surface area contributed by atoms with Gasteiger partial charge in [0.1, 0.15) is 6.04 Å². The molecule has 0 aromatic heterocycles. The highest BCUT2D eigenvalue weighted by Gasteiger charge is 2.48. The summed E-state index contributed by atoms with van der Waals surface area (Å²) >= 11 is 0. The number of alkyl halides is 3.